The van der Waals surface area contributed by atoms with Crippen molar-refractivity contribution in [3.8, 4) is 0 Å². The zero-order chi connectivity index (χ0) is 15.8. The molecule has 0 radical (unpaired) electrons. The second-order valence-corrected chi connectivity index (χ2v) is 9.67. The lowest BCUT2D eigenvalue weighted by Crippen LogP contribution is -2.55. The van der Waals surface area contributed by atoms with Crippen LogP contribution in [0, 0.1) is 34.5 Å². The summed E-state index contributed by atoms with van der Waals surface area (Å²) in [4.78, 5) is 11.9. The molecule has 0 aromatic heterocycles. The van der Waals surface area contributed by atoms with Gasteiger partial charge in [-0.3, -0.25) is 4.79 Å². The molecule has 2 heteroatoms. The molecule has 0 spiro atoms. The van der Waals surface area contributed by atoms with Crippen LogP contribution >= 0.6 is 0 Å². The third-order valence-electron chi connectivity index (χ3n) is 9.04. The lowest BCUT2D eigenvalue weighted by atomic mass is 9.44. The molecule has 0 bridgehead atoms. The minimum absolute atomic E-state index is 0.127. The average Bonchev–Trinajstić information content (AvgIpc) is 2.70. The van der Waals surface area contributed by atoms with Gasteiger partial charge in [0.2, 0.25) is 0 Å². The topological polar surface area (TPSA) is 37.3 Å². The Bertz CT molecular complexity index is 496. The molecule has 2 nitrogen and oxygen atoms in total. The zero-order valence-corrected chi connectivity index (χ0v) is 14.5. The lowest BCUT2D eigenvalue weighted by Gasteiger charge is -2.60. The van der Waals surface area contributed by atoms with E-state index in [1.807, 2.05) is 0 Å². The largest absolute Gasteiger partial charge is 0.390 e. The van der Waals surface area contributed by atoms with Gasteiger partial charge in [0, 0.05) is 12.8 Å². The van der Waals surface area contributed by atoms with E-state index in [1.165, 1.54) is 32.1 Å². The van der Waals surface area contributed by atoms with Crippen molar-refractivity contribution in [1.82, 2.24) is 0 Å². The molecule has 4 fully saturated rings. The SMILES string of the molecule is C[C@@]12CCC(=O)C[C@H]1CC[C@H]1[C@H]3CC[C@](C)(O)[C@]3(C)CC[C@@H]12. The van der Waals surface area contributed by atoms with Crippen LogP contribution in [-0.2, 0) is 4.79 Å². The van der Waals surface area contributed by atoms with Gasteiger partial charge in [-0.25, -0.2) is 0 Å². The van der Waals surface area contributed by atoms with Crippen LogP contribution < -0.4 is 0 Å². The van der Waals surface area contributed by atoms with Crippen LogP contribution in [0.3, 0.4) is 0 Å². The van der Waals surface area contributed by atoms with Crippen molar-refractivity contribution >= 4 is 5.78 Å². The summed E-state index contributed by atoms with van der Waals surface area (Å²) in [5.74, 6) is 3.44. The van der Waals surface area contributed by atoms with Crippen molar-refractivity contribution in [2.75, 3.05) is 0 Å². The summed E-state index contributed by atoms with van der Waals surface area (Å²) in [6.45, 7) is 6.94. The molecule has 0 aromatic carbocycles. The Kier molecular flexibility index (Phi) is 3.16. The fraction of sp³-hybridized carbons (Fsp3) is 0.950. The second-order valence-electron chi connectivity index (χ2n) is 9.67. The molecule has 0 saturated heterocycles. The molecule has 0 unspecified atom stereocenters. The molecule has 124 valence electrons. The van der Waals surface area contributed by atoms with Crippen LogP contribution in [0.2, 0.25) is 0 Å². The summed E-state index contributed by atoms with van der Waals surface area (Å²) in [6, 6.07) is 0. The quantitative estimate of drug-likeness (QED) is 0.722. The lowest BCUT2D eigenvalue weighted by molar-refractivity contribution is -0.152. The first kappa shape index (κ1) is 15.2. The second kappa shape index (κ2) is 4.59. The minimum Gasteiger partial charge on any atom is -0.390 e. The van der Waals surface area contributed by atoms with Gasteiger partial charge in [-0.15, -0.1) is 0 Å². The van der Waals surface area contributed by atoms with Crippen molar-refractivity contribution in [1.29, 1.82) is 0 Å². The number of Topliss-reactive ketones (excluding diaryl/α,β-unsaturated/α-hetero) is 1. The Hall–Kier alpha value is -0.370. The number of hydrogen-bond acceptors (Lipinski definition) is 2. The fourth-order valence-corrected chi connectivity index (χ4v) is 7.29. The Balaban J connectivity index is 1.65. The van der Waals surface area contributed by atoms with E-state index in [0.29, 0.717) is 23.0 Å². The van der Waals surface area contributed by atoms with E-state index in [9.17, 15) is 9.90 Å². The van der Waals surface area contributed by atoms with E-state index in [-0.39, 0.29) is 5.41 Å². The maximum atomic E-state index is 11.9. The fourth-order valence-electron chi connectivity index (χ4n) is 7.29. The highest BCUT2D eigenvalue weighted by molar-refractivity contribution is 5.79. The summed E-state index contributed by atoms with van der Waals surface area (Å²) in [6.07, 6.45) is 9.98. The van der Waals surface area contributed by atoms with Gasteiger partial charge in [-0.2, -0.15) is 0 Å². The highest BCUT2D eigenvalue weighted by atomic mass is 16.3. The molecule has 4 aliphatic carbocycles. The molecule has 22 heavy (non-hydrogen) atoms. The molecule has 4 saturated carbocycles. The molecular formula is C20H32O2. The van der Waals surface area contributed by atoms with Crippen LogP contribution in [-0.4, -0.2) is 16.5 Å². The molecule has 7 atom stereocenters. The van der Waals surface area contributed by atoms with Crippen LogP contribution in [0.4, 0.5) is 0 Å². The van der Waals surface area contributed by atoms with Gasteiger partial charge >= 0.3 is 0 Å². The van der Waals surface area contributed by atoms with Crippen molar-refractivity contribution in [2.24, 2.45) is 34.5 Å². The number of carbonyl (C=O) groups is 1. The normalized spacial score (nSPS) is 57.9. The first-order valence-electron chi connectivity index (χ1n) is 9.52. The van der Waals surface area contributed by atoms with Crippen molar-refractivity contribution in [2.45, 2.75) is 84.2 Å². The number of rotatable bonds is 0. The number of ketones is 1. The van der Waals surface area contributed by atoms with Crippen LogP contribution in [0.5, 0.6) is 0 Å². The van der Waals surface area contributed by atoms with Gasteiger partial charge in [-0.05, 0) is 86.4 Å². The maximum absolute atomic E-state index is 11.9. The van der Waals surface area contributed by atoms with Gasteiger partial charge in [-0.1, -0.05) is 13.8 Å². The van der Waals surface area contributed by atoms with Crippen LogP contribution in [0.25, 0.3) is 0 Å². The van der Waals surface area contributed by atoms with Gasteiger partial charge in [0.15, 0.2) is 0 Å². The summed E-state index contributed by atoms with van der Waals surface area (Å²) in [5, 5.41) is 10.9. The Morgan fingerprint density at radius 1 is 0.955 bits per heavy atom. The first-order chi connectivity index (χ1) is 10.3. The molecule has 0 amide bonds. The van der Waals surface area contributed by atoms with Crippen molar-refractivity contribution in [3.05, 3.63) is 0 Å². The zero-order valence-electron chi connectivity index (χ0n) is 14.5. The molecule has 0 aliphatic heterocycles. The molecule has 0 heterocycles. The van der Waals surface area contributed by atoms with Gasteiger partial charge in [0.25, 0.3) is 0 Å². The number of hydrogen-bond donors (Lipinski definition) is 1. The molecule has 0 aromatic rings. The van der Waals surface area contributed by atoms with E-state index >= 15 is 0 Å². The third kappa shape index (κ3) is 1.79. The van der Waals surface area contributed by atoms with Crippen molar-refractivity contribution in [3.63, 3.8) is 0 Å². The van der Waals surface area contributed by atoms with Crippen LogP contribution in [0.1, 0.15) is 78.6 Å². The first-order valence-corrected chi connectivity index (χ1v) is 9.52. The van der Waals surface area contributed by atoms with Gasteiger partial charge in [0.1, 0.15) is 5.78 Å². The summed E-state index contributed by atoms with van der Waals surface area (Å²) in [7, 11) is 0. The Morgan fingerprint density at radius 3 is 2.45 bits per heavy atom. The summed E-state index contributed by atoms with van der Waals surface area (Å²) < 4.78 is 0. The van der Waals surface area contributed by atoms with E-state index < -0.39 is 5.60 Å². The number of aliphatic hydroxyl groups is 1. The Labute approximate surface area is 135 Å². The number of fused-ring (bicyclic) bond motifs is 5. The van der Waals surface area contributed by atoms with Gasteiger partial charge < -0.3 is 5.11 Å². The molecule has 1 N–H and O–H groups in total. The molecule has 4 aliphatic rings. The predicted molar refractivity (Wildman–Crippen MR) is 87.4 cm³/mol. The van der Waals surface area contributed by atoms with Crippen molar-refractivity contribution < 1.29 is 9.90 Å². The average molecular weight is 304 g/mol. The summed E-state index contributed by atoms with van der Waals surface area (Å²) in [5.41, 5.74) is 0.0530. The maximum Gasteiger partial charge on any atom is 0.133 e. The van der Waals surface area contributed by atoms with E-state index in [0.717, 1.165) is 37.5 Å². The van der Waals surface area contributed by atoms with E-state index in [2.05, 4.69) is 20.8 Å². The molecular weight excluding hydrogens is 272 g/mol. The van der Waals surface area contributed by atoms with E-state index in [1.54, 1.807) is 0 Å². The third-order valence-corrected chi connectivity index (χ3v) is 9.04. The smallest absolute Gasteiger partial charge is 0.133 e. The van der Waals surface area contributed by atoms with Crippen LogP contribution in [0.15, 0.2) is 0 Å². The standard InChI is InChI=1S/C20H32O2/c1-18-9-6-14(21)12-13(18)4-5-15-16(18)7-10-19(2)17(15)8-11-20(19,3)22/h13,15-17,22H,4-12H2,1-3H3/t13-,15-,16+,17-,18-,19-,20+/m1/s1. The summed E-state index contributed by atoms with van der Waals surface area (Å²) >= 11 is 0. The number of carbonyl (C=O) groups excluding carboxylic acids is 1. The van der Waals surface area contributed by atoms with E-state index in [4.69, 9.17) is 0 Å². The predicted octanol–water partition coefficient (Wildman–Crippen LogP) is 4.35. The Morgan fingerprint density at radius 2 is 1.68 bits per heavy atom. The molecule has 4 rings (SSSR count). The highest BCUT2D eigenvalue weighted by Gasteiger charge is 2.63. The monoisotopic (exact) mass is 304 g/mol. The highest BCUT2D eigenvalue weighted by Crippen LogP contribution is 2.67. The minimum atomic E-state index is -0.469. The van der Waals surface area contributed by atoms with Gasteiger partial charge in [0.05, 0.1) is 5.60 Å².